The number of methoxy groups -OCH3 is 1. The fourth-order valence-corrected chi connectivity index (χ4v) is 5.17. The van der Waals surface area contributed by atoms with Crippen LogP contribution in [0.4, 0.5) is 10.5 Å². The van der Waals surface area contributed by atoms with Gasteiger partial charge in [-0.25, -0.2) is 0 Å². The van der Waals surface area contributed by atoms with Gasteiger partial charge in [-0.15, -0.1) is 0 Å². The average Bonchev–Trinajstić information content (AvgIpc) is 3.12. The number of amides is 3. The molecule has 0 atom stereocenters. The summed E-state index contributed by atoms with van der Waals surface area (Å²) >= 11 is 10.5. The SMILES string of the molecule is COc1cc(/C=C2/SC(=O)N(CC(=O)Nc3ccccc3C)C2=O)cc(Br)c1OCc1ccccc1Cl. The van der Waals surface area contributed by atoms with Crippen LogP contribution in [0.3, 0.4) is 0 Å². The van der Waals surface area contributed by atoms with Gasteiger partial charge in [0.15, 0.2) is 11.5 Å². The highest BCUT2D eigenvalue weighted by Crippen LogP contribution is 2.39. The number of nitrogens with one attached hydrogen (secondary N) is 1. The third-order valence-electron chi connectivity index (χ3n) is 5.47. The minimum atomic E-state index is -0.538. The highest BCUT2D eigenvalue weighted by molar-refractivity contribution is 9.10. The van der Waals surface area contributed by atoms with Crippen molar-refractivity contribution in [2.75, 3.05) is 19.0 Å². The van der Waals surface area contributed by atoms with E-state index in [9.17, 15) is 14.4 Å². The number of ether oxygens (including phenoxy) is 2. The summed E-state index contributed by atoms with van der Waals surface area (Å²) in [6.07, 6.45) is 1.58. The standard InChI is InChI=1S/C27H22BrClN2O5S/c1-16-7-3-6-10-21(16)30-24(32)14-31-26(33)23(37-27(31)34)13-17-11-19(28)25(22(12-17)35-2)36-15-18-8-4-5-9-20(18)29/h3-13H,14-15H2,1-2H3,(H,30,32)/b23-13+. The normalized spacial score (nSPS) is 14.3. The van der Waals surface area contributed by atoms with Gasteiger partial charge < -0.3 is 14.8 Å². The number of carbonyl (C=O) groups is 3. The summed E-state index contributed by atoms with van der Waals surface area (Å²) in [5, 5.41) is 2.82. The Morgan fingerprint density at radius 1 is 1.14 bits per heavy atom. The Kier molecular flexibility index (Phi) is 8.58. The smallest absolute Gasteiger partial charge is 0.294 e. The van der Waals surface area contributed by atoms with Gasteiger partial charge in [0.05, 0.1) is 16.5 Å². The summed E-state index contributed by atoms with van der Waals surface area (Å²) in [6.45, 7) is 1.72. The summed E-state index contributed by atoms with van der Waals surface area (Å²) in [5.74, 6) is -0.0866. The largest absolute Gasteiger partial charge is 0.493 e. The Bertz CT molecular complexity index is 1410. The molecule has 1 aliphatic rings. The maximum atomic E-state index is 12.9. The van der Waals surface area contributed by atoms with Crippen molar-refractivity contribution >= 4 is 68.1 Å². The Morgan fingerprint density at radius 3 is 2.59 bits per heavy atom. The second-order valence-electron chi connectivity index (χ2n) is 8.05. The van der Waals surface area contributed by atoms with Gasteiger partial charge in [0.25, 0.3) is 11.1 Å². The first kappa shape index (κ1) is 26.8. The molecule has 0 aliphatic carbocycles. The molecule has 0 bridgehead atoms. The van der Waals surface area contributed by atoms with Crippen molar-refractivity contribution in [2.24, 2.45) is 0 Å². The van der Waals surface area contributed by atoms with E-state index in [0.29, 0.717) is 32.2 Å². The van der Waals surface area contributed by atoms with Crippen LogP contribution in [0, 0.1) is 6.92 Å². The van der Waals surface area contributed by atoms with Gasteiger partial charge in [0.1, 0.15) is 13.2 Å². The van der Waals surface area contributed by atoms with Crippen LogP contribution in [0.25, 0.3) is 6.08 Å². The van der Waals surface area contributed by atoms with Gasteiger partial charge in [-0.3, -0.25) is 19.3 Å². The molecule has 1 N–H and O–H groups in total. The van der Waals surface area contributed by atoms with E-state index in [2.05, 4.69) is 21.2 Å². The zero-order valence-corrected chi connectivity index (χ0v) is 23.1. The molecule has 3 aromatic carbocycles. The lowest BCUT2D eigenvalue weighted by Crippen LogP contribution is -2.36. The lowest BCUT2D eigenvalue weighted by Gasteiger charge is -2.14. The van der Waals surface area contributed by atoms with E-state index >= 15 is 0 Å². The lowest BCUT2D eigenvalue weighted by atomic mass is 10.1. The number of imide groups is 1. The number of para-hydroxylation sites is 1. The summed E-state index contributed by atoms with van der Waals surface area (Å²) in [6, 6.07) is 18.1. The molecule has 0 radical (unpaired) electrons. The van der Waals surface area contributed by atoms with Crippen molar-refractivity contribution in [2.45, 2.75) is 13.5 Å². The molecule has 37 heavy (non-hydrogen) atoms. The summed E-state index contributed by atoms with van der Waals surface area (Å²) in [5.41, 5.74) is 2.94. The van der Waals surface area contributed by atoms with E-state index in [0.717, 1.165) is 27.8 Å². The molecule has 1 saturated heterocycles. The summed E-state index contributed by atoms with van der Waals surface area (Å²) in [7, 11) is 1.51. The van der Waals surface area contributed by atoms with Crippen LogP contribution in [-0.2, 0) is 16.2 Å². The minimum absolute atomic E-state index is 0.201. The quantitative estimate of drug-likeness (QED) is 0.290. The topological polar surface area (TPSA) is 84.9 Å². The molecule has 1 aliphatic heterocycles. The molecule has 0 spiro atoms. The number of hydrogen-bond donors (Lipinski definition) is 1. The molecule has 4 rings (SSSR count). The molecule has 3 amide bonds. The Morgan fingerprint density at radius 2 is 1.86 bits per heavy atom. The zero-order chi connectivity index (χ0) is 26.5. The number of aryl methyl sites for hydroxylation is 1. The first-order chi connectivity index (χ1) is 17.8. The van der Waals surface area contributed by atoms with E-state index in [-0.39, 0.29) is 18.1 Å². The molecular weight excluding hydrogens is 580 g/mol. The zero-order valence-electron chi connectivity index (χ0n) is 19.9. The number of carbonyl (C=O) groups excluding carboxylic acids is 3. The van der Waals surface area contributed by atoms with E-state index in [4.69, 9.17) is 21.1 Å². The monoisotopic (exact) mass is 600 g/mol. The maximum Gasteiger partial charge on any atom is 0.294 e. The Balaban J connectivity index is 1.48. The van der Waals surface area contributed by atoms with Crippen LogP contribution in [0.1, 0.15) is 16.7 Å². The van der Waals surface area contributed by atoms with Crippen molar-refractivity contribution in [1.82, 2.24) is 4.90 Å². The van der Waals surface area contributed by atoms with Crippen molar-refractivity contribution in [3.63, 3.8) is 0 Å². The van der Waals surface area contributed by atoms with Gasteiger partial charge in [-0.1, -0.05) is 48.0 Å². The Labute approximate surface area is 231 Å². The Hall–Kier alpha value is -3.27. The number of nitrogens with zero attached hydrogens (tertiary/aromatic N) is 1. The minimum Gasteiger partial charge on any atom is -0.493 e. The molecule has 10 heteroatoms. The number of halogens is 2. The fourth-order valence-electron chi connectivity index (χ4n) is 3.56. The molecule has 190 valence electrons. The van der Waals surface area contributed by atoms with Crippen molar-refractivity contribution in [3.8, 4) is 11.5 Å². The third kappa shape index (κ3) is 6.36. The predicted molar refractivity (Wildman–Crippen MR) is 149 cm³/mol. The van der Waals surface area contributed by atoms with Gasteiger partial charge in [-0.2, -0.15) is 0 Å². The van der Waals surface area contributed by atoms with Crippen LogP contribution in [0.15, 0.2) is 70.0 Å². The molecule has 1 fully saturated rings. The molecule has 0 unspecified atom stereocenters. The molecule has 7 nitrogen and oxygen atoms in total. The van der Waals surface area contributed by atoms with E-state index in [1.54, 1.807) is 36.4 Å². The predicted octanol–water partition coefficient (Wildman–Crippen LogP) is 6.67. The van der Waals surface area contributed by atoms with Crippen molar-refractivity contribution in [3.05, 3.63) is 91.8 Å². The summed E-state index contributed by atoms with van der Waals surface area (Å²) < 4.78 is 12.0. The van der Waals surface area contributed by atoms with Gasteiger partial charge in [-0.05, 0) is 76.1 Å². The number of thioether (sulfide) groups is 1. The van der Waals surface area contributed by atoms with Crippen LogP contribution in [0.5, 0.6) is 11.5 Å². The van der Waals surface area contributed by atoms with Crippen LogP contribution in [-0.4, -0.2) is 35.6 Å². The van der Waals surface area contributed by atoms with Crippen LogP contribution in [0.2, 0.25) is 5.02 Å². The molecule has 1 heterocycles. The van der Waals surface area contributed by atoms with E-state index in [1.807, 2.05) is 37.3 Å². The van der Waals surface area contributed by atoms with Crippen LogP contribution >= 0.6 is 39.3 Å². The molecular formula is C27H22BrClN2O5S. The molecule has 0 saturated carbocycles. The second-order valence-corrected chi connectivity index (χ2v) is 10.3. The fraction of sp³-hybridized carbons (Fsp3) is 0.148. The van der Waals surface area contributed by atoms with E-state index < -0.39 is 17.1 Å². The van der Waals surface area contributed by atoms with Crippen molar-refractivity contribution < 1.29 is 23.9 Å². The summed E-state index contributed by atoms with van der Waals surface area (Å²) in [4.78, 5) is 39.1. The van der Waals surface area contributed by atoms with Gasteiger partial charge >= 0.3 is 0 Å². The van der Waals surface area contributed by atoms with E-state index in [1.165, 1.54) is 7.11 Å². The number of rotatable bonds is 8. The maximum absolute atomic E-state index is 12.9. The first-order valence-corrected chi connectivity index (χ1v) is 13.1. The second kappa shape index (κ2) is 11.9. The van der Waals surface area contributed by atoms with Gasteiger partial charge in [0, 0.05) is 16.3 Å². The van der Waals surface area contributed by atoms with Crippen molar-refractivity contribution in [1.29, 1.82) is 0 Å². The van der Waals surface area contributed by atoms with Gasteiger partial charge in [0.2, 0.25) is 5.91 Å². The molecule has 3 aromatic rings. The average molecular weight is 602 g/mol. The highest BCUT2D eigenvalue weighted by Gasteiger charge is 2.36. The number of benzene rings is 3. The third-order valence-corrected chi connectivity index (χ3v) is 7.34. The highest BCUT2D eigenvalue weighted by atomic mass is 79.9. The first-order valence-electron chi connectivity index (χ1n) is 11.1. The lowest BCUT2D eigenvalue weighted by molar-refractivity contribution is -0.127. The molecule has 0 aromatic heterocycles. The number of hydrogen-bond acceptors (Lipinski definition) is 6. The number of anilines is 1. The van der Waals surface area contributed by atoms with Crippen LogP contribution < -0.4 is 14.8 Å².